The molecule has 28 heavy (non-hydrogen) atoms. The van der Waals surface area contributed by atoms with Crippen LogP contribution in [-0.4, -0.2) is 46.4 Å². The summed E-state index contributed by atoms with van der Waals surface area (Å²) >= 11 is 0. The van der Waals surface area contributed by atoms with Crippen molar-refractivity contribution in [3.05, 3.63) is 54.0 Å². The van der Waals surface area contributed by atoms with Crippen LogP contribution in [-0.2, 0) is 0 Å². The fraction of sp³-hybridized carbons (Fsp3) is 0.300. The molecular weight excluding hydrogens is 360 g/mol. The number of aromatic nitrogens is 3. The molecule has 1 fully saturated rings. The van der Waals surface area contributed by atoms with E-state index in [-0.39, 0.29) is 11.6 Å². The average molecular weight is 380 g/mol. The van der Waals surface area contributed by atoms with Crippen molar-refractivity contribution in [2.45, 2.75) is 18.8 Å². The first-order valence-electron chi connectivity index (χ1n) is 9.08. The maximum Gasteiger partial charge on any atom is 0.354 e. The minimum atomic E-state index is -1.02. The number of methoxy groups -OCH3 is 1. The van der Waals surface area contributed by atoms with Crippen molar-refractivity contribution in [3.63, 3.8) is 0 Å². The van der Waals surface area contributed by atoms with Crippen LogP contribution in [0.5, 0.6) is 5.75 Å². The lowest BCUT2D eigenvalue weighted by molar-refractivity contribution is 0.0690. The number of hydrogen-bond donors (Lipinski definition) is 1. The maximum absolute atomic E-state index is 11.1. The summed E-state index contributed by atoms with van der Waals surface area (Å²) in [6.45, 7) is 1.50. The number of benzene rings is 1. The molecule has 0 saturated carbocycles. The van der Waals surface area contributed by atoms with Crippen LogP contribution in [0.1, 0.15) is 35.1 Å². The van der Waals surface area contributed by atoms with Gasteiger partial charge >= 0.3 is 5.97 Å². The molecule has 8 heteroatoms. The van der Waals surface area contributed by atoms with Crippen molar-refractivity contribution in [2.24, 2.45) is 0 Å². The van der Waals surface area contributed by atoms with Crippen LogP contribution in [0, 0.1) is 0 Å². The van der Waals surface area contributed by atoms with E-state index >= 15 is 0 Å². The molecule has 0 atom stereocenters. The smallest absolute Gasteiger partial charge is 0.354 e. The third-order valence-corrected chi connectivity index (χ3v) is 4.92. The SMILES string of the molecule is COc1ccccc1-c1nc(C2CCN(c3cccc(C(=O)O)n3)CC2)no1. The van der Waals surface area contributed by atoms with Crippen LogP contribution >= 0.6 is 0 Å². The molecule has 3 heterocycles. The molecule has 144 valence electrons. The van der Waals surface area contributed by atoms with Crippen molar-refractivity contribution in [1.29, 1.82) is 0 Å². The van der Waals surface area contributed by atoms with E-state index in [4.69, 9.17) is 14.4 Å². The highest BCUT2D eigenvalue weighted by Crippen LogP contribution is 2.32. The lowest BCUT2D eigenvalue weighted by atomic mass is 9.96. The van der Waals surface area contributed by atoms with Gasteiger partial charge in [0.25, 0.3) is 5.89 Å². The van der Waals surface area contributed by atoms with Crippen LogP contribution in [0.15, 0.2) is 47.0 Å². The number of aromatic carboxylic acids is 1. The quantitative estimate of drug-likeness (QED) is 0.720. The third kappa shape index (κ3) is 3.53. The number of rotatable bonds is 5. The fourth-order valence-electron chi connectivity index (χ4n) is 3.42. The largest absolute Gasteiger partial charge is 0.496 e. The van der Waals surface area contributed by atoms with Crippen molar-refractivity contribution in [1.82, 2.24) is 15.1 Å². The number of para-hydroxylation sites is 1. The van der Waals surface area contributed by atoms with E-state index in [0.717, 1.165) is 31.5 Å². The van der Waals surface area contributed by atoms with E-state index < -0.39 is 5.97 Å². The Morgan fingerprint density at radius 2 is 1.93 bits per heavy atom. The summed E-state index contributed by atoms with van der Waals surface area (Å²) in [6, 6.07) is 12.6. The molecule has 0 amide bonds. The van der Waals surface area contributed by atoms with Crippen LogP contribution in [0.2, 0.25) is 0 Å². The normalized spacial score (nSPS) is 14.8. The Morgan fingerprint density at radius 1 is 1.14 bits per heavy atom. The molecule has 1 aromatic carbocycles. The van der Waals surface area contributed by atoms with Crippen LogP contribution in [0.3, 0.4) is 0 Å². The first-order valence-corrected chi connectivity index (χ1v) is 9.08. The number of carboxylic acid groups (broad SMARTS) is 1. The first kappa shape index (κ1) is 18.0. The molecule has 3 aromatic rings. The number of anilines is 1. The molecule has 0 spiro atoms. The molecule has 2 aromatic heterocycles. The van der Waals surface area contributed by atoms with Gasteiger partial charge in [0.05, 0.1) is 12.7 Å². The standard InChI is InChI=1S/C20H20N4O4/c1-27-16-7-3-2-5-14(16)19-22-18(23-28-19)13-9-11-24(12-10-13)17-8-4-6-15(21-17)20(25)26/h2-8,13H,9-12H2,1H3,(H,25,26). The Morgan fingerprint density at radius 3 is 2.68 bits per heavy atom. The van der Waals surface area contributed by atoms with E-state index in [0.29, 0.717) is 23.3 Å². The minimum absolute atomic E-state index is 0.0549. The van der Waals surface area contributed by atoms with Crippen molar-refractivity contribution >= 4 is 11.8 Å². The number of nitrogens with zero attached hydrogens (tertiary/aromatic N) is 4. The Labute approximate surface area is 161 Å². The molecule has 8 nitrogen and oxygen atoms in total. The van der Waals surface area contributed by atoms with Crippen LogP contribution < -0.4 is 9.64 Å². The highest BCUT2D eigenvalue weighted by molar-refractivity contribution is 5.85. The van der Waals surface area contributed by atoms with Crippen molar-refractivity contribution in [3.8, 4) is 17.2 Å². The van der Waals surface area contributed by atoms with Crippen molar-refractivity contribution in [2.75, 3.05) is 25.1 Å². The Kier molecular flexibility index (Phi) is 4.92. The molecule has 0 bridgehead atoms. The topological polar surface area (TPSA) is 102 Å². The van der Waals surface area contributed by atoms with Gasteiger partial charge < -0.3 is 19.3 Å². The molecule has 0 aliphatic carbocycles. The van der Waals surface area contributed by atoms with Gasteiger partial charge in [-0.2, -0.15) is 4.98 Å². The zero-order valence-corrected chi connectivity index (χ0v) is 15.4. The summed E-state index contributed by atoms with van der Waals surface area (Å²) in [4.78, 5) is 22.0. The average Bonchev–Trinajstić information content (AvgIpc) is 3.24. The summed E-state index contributed by atoms with van der Waals surface area (Å²) in [6.07, 6.45) is 1.67. The summed E-state index contributed by atoms with van der Waals surface area (Å²) in [7, 11) is 1.61. The number of carbonyl (C=O) groups is 1. The highest BCUT2D eigenvalue weighted by Gasteiger charge is 2.26. The van der Waals surface area contributed by atoms with Gasteiger partial charge in [0.1, 0.15) is 11.6 Å². The van der Waals surface area contributed by atoms with Crippen molar-refractivity contribution < 1.29 is 19.2 Å². The lowest BCUT2D eigenvalue weighted by Gasteiger charge is -2.31. The van der Waals surface area contributed by atoms with Gasteiger partial charge in [-0.1, -0.05) is 23.4 Å². The molecule has 1 aliphatic rings. The summed E-state index contributed by atoms with van der Waals surface area (Å²) in [5.41, 5.74) is 0.829. The molecule has 4 rings (SSSR count). The number of pyridine rings is 1. The Balaban J connectivity index is 1.45. The number of piperidine rings is 1. The van der Waals surface area contributed by atoms with E-state index in [2.05, 4.69) is 20.0 Å². The minimum Gasteiger partial charge on any atom is -0.496 e. The Bertz CT molecular complexity index is 980. The summed E-state index contributed by atoms with van der Waals surface area (Å²) < 4.78 is 10.8. The molecule has 0 radical (unpaired) electrons. The van der Waals surface area contributed by atoms with E-state index in [9.17, 15) is 4.79 Å². The predicted molar refractivity (Wildman–Crippen MR) is 102 cm³/mol. The zero-order valence-electron chi connectivity index (χ0n) is 15.4. The highest BCUT2D eigenvalue weighted by atomic mass is 16.5. The second kappa shape index (κ2) is 7.67. The van der Waals surface area contributed by atoms with Gasteiger partial charge in [-0.25, -0.2) is 9.78 Å². The van der Waals surface area contributed by atoms with E-state index in [1.807, 2.05) is 30.3 Å². The van der Waals surface area contributed by atoms with Crippen LogP contribution in [0.25, 0.3) is 11.5 Å². The second-order valence-corrected chi connectivity index (χ2v) is 6.61. The van der Waals surface area contributed by atoms with Crippen LogP contribution in [0.4, 0.5) is 5.82 Å². The maximum atomic E-state index is 11.1. The fourth-order valence-corrected chi connectivity index (χ4v) is 3.42. The Hall–Kier alpha value is -3.42. The van der Waals surface area contributed by atoms with Gasteiger partial charge in [0.2, 0.25) is 0 Å². The molecule has 0 unspecified atom stereocenters. The van der Waals surface area contributed by atoms with E-state index in [1.54, 1.807) is 13.2 Å². The van der Waals surface area contributed by atoms with Gasteiger partial charge in [-0.3, -0.25) is 0 Å². The molecule has 1 N–H and O–H groups in total. The predicted octanol–water partition coefficient (Wildman–Crippen LogP) is 3.22. The molecule has 1 aliphatic heterocycles. The van der Waals surface area contributed by atoms with Gasteiger partial charge in [-0.15, -0.1) is 0 Å². The number of hydrogen-bond acceptors (Lipinski definition) is 7. The van der Waals surface area contributed by atoms with Gasteiger partial charge in [0, 0.05) is 19.0 Å². The second-order valence-electron chi connectivity index (χ2n) is 6.61. The first-order chi connectivity index (χ1) is 13.7. The zero-order chi connectivity index (χ0) is 19.5. The summed E-state index contributed by atoms with van der Waals surface area (Å²) in [5, 5.41) is 13.3. The van der Waals surface area contributed by atoms with E-state index in [1.165, 1.54) is 6.07 Å². The monoisotopic (exact) mass is 380 g/mol. The lowest BCUT2D eigenvalue weighted by Crippen LogP contribution is -2.34. The number of carboxylic acids is 1. The molecule has 1 saturated heterocycles. The molecular formula is C20H20N4O4. The third-order valence-electron chi connectivity index (χ3n) is 4.92. The number of ether oxygens (including phenoxy) is 1. The van der Waals surface area contributed by atoms with Gasteiger partial charge in [0.15, 0.2) is 11.5 Å². The summed E-state index contributed by atoms with van der Waals surface area (Å²) in [5.74, 6) is 1.68. The van der Waals surface area contributed by atoms with Gasteiger partial charge in [-0.05, 0) is 37.1 Å².